The predicted molar refractivity (Wildman–Crippen MR) is 83.9 cm³/mol. The molecule has 1 aliphatic heterocycles. The molecular formula is C16H20N4O. The summed E-state index contributed by atoms with van der Waals surface area (Å²) in [7, 11) is 1.88. The Morgan fingerprint density at radius 2 is 2.05 bits per heavy atom. The first-order valence-electron chi connectivity index (χ1n) is 7.33. The first-order chi connectivity index (χ1) is 10.3. The third-order valence-corrected chi connectivity index (χ3v) is 3.81. The van der Waals surface area contributed by atoms with Crippen molar-refractivity contribution in [1.29, 1.82) is 0 Å². The number of ether oxygens (including phenoxy) is 1. The highest BCUT2D eigenvalue weighted by Gasteiger charge is 2.22. The lowest BCUT2D eigenvalue weighted by Gasteiger charge is -2.27. The minimum atomic E-state index is 0.222. The van der Waals surface area contributed by atoms with Crippen LogP contribution in [0.15, 0.2) is 30.6 Å². The SMILES string of the molecule is CCc1c(NC)ncnc1NC1CCOc2ccccc21. The summed E-state index contributed by atoms with van der Waals surface area (Å²) in [6.45, 7) is 2.84. The number of anilines is 2. The van der Waals surface area contributed by atoms with E-state index in [9.17, 15) is 0 Å². The topological polar surface area (TPSA) is 59.1 Å². The third-order valence-electron chi connectivity index (χ3n) is 3.81. The van der Waals surface area contributed by atoms with E-state index in [0.717, 1.165) is 42.4 Å². The summed E-state index contributed by atoms with van der Waals surface area (Å²) in [6, 6.07) is 8.39. The fourth-order valence-corrected chi connectivity index (χ4v) is 2.74. The number of fused-ring (bicyclic) bond motifs is 1. The van der Waals surface area contributed by atoms with E-state index in [1.54, 1.807) is 6.33 Å². The monoisotopic (exact) mass is 284 g/mol. The Hall–Kier alpha value is -2.30. The highest BCUT2D eigenvalue weighted by Crippen LogP contribution is 2.34. The van der Waals surface area contributed by atoms with E-state index < -0.39 is 0 Å². The normalized spacial score (nSPS) is 16.8. The first-order valence-corrected chi connectivity index (χ1v) is 7.33. The van der Waals surface area contributed by atoms with Gasteiger partial charge < -0.3 is 15.4 Å². The number of aromatic nitrogens is 2. The maximum atomic E-state index is 5.71. The lowest BCUT2D eigenvalue weighted by atomic mass is 10.0. The number of benzene rings is 1. The van der Waals surface area contributed by atoms with Crippen LogP contribution >= 0.6 is 0 Å². The quantitative estimate of drug-likeness (QED) is 0.903. The van der Waals surface area contributed by atoms with E-state index in [2.05, 4.69) is 33.6 Å². The molecule has 2 heterocycles. The van der Waals surface area contributed by atoms with Crippen LogP contribution in [0.5, 0.6) is 5.75 Å². The van der Waals surface area contributed by atoms with Crippen molar-refractivity contribution in [3.63, 3.8) is 0 Å². The number of para-hydroxylation sites is 1. The van der Waals surface area contributed by atoms with Crippen molar-refractivity contribution in [3.05, 3.63) is 41.7 Å². The van der Waals surface area contributed by atoms with Gasteiger partial charge in [0.1, 0.15) is 23.7 Å². The molecule has 0 saturated heterocycles. The molecule has 0 amide bonds. The van der Waals surface area contributed by atoms with Crippen LogP contribution in [0.4, 0.5) is 11.6 Å². The molecule has 0 saturated carbocycles. The zero-order chi connectivity index (χ0) is 14.7. The second-order valence-electron chi connectivity index (χ2n) is 5.02. The molecule has 1 atom stereocenters. The Morgan fingerprint density at radius 1 is 1.24 bits per heavy atom. The molecule has 2 aromatic rings. The summed E-state index contributed by atoms with van der Waals surface area (Å²) in [5.74, 6) is 2.75. The summed E-state index contributed by atoms with van der Waals surface area (Å²) >= 11 is 0. The predicted octanol–water partition coefficient (Wildman–Crippen LogP) is 3.02. The molecule has 5 nitrogen and oxygen atoms in total. The summed E-state index contributed by atoms with van der Waals surface area (Å²) in [5, 5.41) is 6.69. The van der Waals surface area contributed by atoms with E-state index in [0.29, 0.717) is 0 Å². The van der Waals surface area contributed by atoms with Gasteiger partial charge in [0.05, 0.1) is 12.6 Å². The van der Waals surface area contributed by atoms with Gasteiger partial charge in [-0.3, -0.25) is 0 Å². The molecule has 1 unspecified atom stereocenters. The van der Waals surface area contributed by atoms with Crippen molar-refractivity contribution >= 4 is 11.6 Å². The standard InChI is InChI=1S/C16H20N4O/c1-3-11-15(17-2)18-10-19-16(11)20-13-8-9-21-14-7-5-4-6-12(13)14/h4-7,10,13H,3,8-9H2,1-2H3,(H2,17,18,19,20). The van der Waals surface area contributed by atoms with Gasteiger partial charge in [-0.05, 0) is 12.5 Å². The lowest BCUT2D eigenvalue weighted by Crippen LogP contribution is -2.21. The summed E-state index contributed by atoms with van der Waals surface area (Å²) in [4.78, 5) is 8.70. The van der Waals surface area contributed by atoms with Gasteiger partial charge in [0.2, 0.25) is 0 Å². The molecule has 3 rings (SSSR count). The molecule has 1 aliphatic rings. The average Bonchev–Trinajstić information content (AvgIpc) is 2.55. The van der Waals surface area contributed by atoms with Crippen LogP contribution in [0.1, 0.15) is 30.5 Å². The molecule has 110 valence electrons. The lowest BCUT2D eigenvalue weighted by molar-refractivity contribution is 0.274. The van der Waals surface area contributed by atoms with E-state index in [1.165, 1.54) is 5.56 Å². The van der Waals surface area contributed by atoms with Crippen LogP contribution in [-0.4, -0.2) is 23.6 Å². The zero-order valence-electron chi connectivity index (χ0n) is 12.4. The third kappa shape index (κ3) is 2.63. The molecule has 21 heavy (non-hydrogen) atoms. The average molecular weight is 284 g/mol. The molecule has 1 aromatic heterocycles. The Morgan fingerprint density at radius 3 is 2.86 bits per heavy atom. The second-order valence-corrected chi connectivity index (χ2v) is 5.02. The minimum Gasteiger partial charge on any atom is -0.493 e. The van der Waals surface area contributed by atoms with Crippen LogP contribution < -0.4 is 15.4 Å². The maximum absolute atomic E-state index is 5.71. The van der Waals surface area contributed by atoms with Crippen LogP contribution in [0.25, 0.3) is 0 Å². The molecule has 5 heteroatoms. The number of nitrogens with one attached hydrogen (secondary N) is 2. The number of rotatable bonds is 4. The maximum Gasteiger partial charge on any atom is 0.135 e. The summed E-state index contributed by atoms with van der Waals surface area (Å²) in [5.41, 5.74) is 2.30. The minimum absolute atomic E-state index is 0.222. The molecule has 0 radical (unpaired) electrons. The highest BCUT2D eigenvalue weighted by molar-refractivity contribution is 5.58. The van der Waals surface area contributed by atoms with Crippen LogP contribution in [0, 0.1) is 0 Å². The second kappa shape index (κ2) is 5.99. The van der Waals surface area contributed by atoms with Gasteiger partial charge in [-0.2, -0.15) is 0 Å². The van der Waals surface area contributed by atoms with Gasteiger partial charge in [0.25, 0.3) is 0 Å². The molecule has 1 aromatic carbocycles. The van der Waals surface area contributed by atoms with Gasteiger partial charge in [-0.15, -0.1) is 0 Å². The Kier molecular flexibility index (Phi) is 3.90. The molecule has 0 bridgehead atoms. The fraction of sp³-hybridized carbons (Fsp3) is 0.375. The molecule has 0 aliphatic carbocycles. The Balaban J connectivity index is 1.92. The van der Waals surface area contributed by atoms with Crippen molar-refractivity contribution in [2.24, 2.45) is 0 Å². The molecule has 2 N–H and O–H groups in total. The van der Waals surface area contributed by atoms with Gasteiger partial charge in [0.15, 0.2) is 0 Å². The fourth-order valence-electron chi connectivity index (χ4n) is 2.74. The largest absolute Gasteiger partial charge is 0.493 e. The Labute approximate surface area is 124 Å². The van der Waals surface area contributed by atoms with Crippen LogP contribution in [0.3, 0.4) is 0 Å². The number of nitrogens with zero attached hydrogens (tertiary/aromatic N) is 2. The molecule has 0 spiro atoms. The van der Waals surface area contributed by atoms with Gasteiger partial charge in [-0.1, -0.05) is 25.1 Å². The molecular weight excluding hydrogens is 264 g/mol. The van der Waals surface area contributed by atoms with E-state index in [-0.39, 0.29) is 6.04 Å². The van der Waals surface area contributed by atoms with E-state index >= 15 is 0 Å². The van der Waals surface area contributed by atoms with Crippen molar-refractivity contribution < 1.29 is 4.74 Å². The van der Waals surface area contributed by atoms with E-state index in [4.69, 9.17) is 4.74 Å². The smallest absolute Gasteiger partial charge is 0.135 e. The van der Waals surface area contributed by atoms with Gasteiger partial charge in [-0.25, -0.2) is 9.97 Å². The summed E-state index contributed by atoms with van der Waals surface area (Å²) in [6.07, 6.45) is 3.40. The van der Waals surface area contributed by atoms with Crippen molar-refractivity contribution in [2.75, 3.05) is 24.3 Å². The number of hydrogen-bond donors (Lipinski definition) is 2. The Bertz CT molecular complexity index is 629. The first kappa shape index (κ1) is 13.7. The summed E-state index contributed by atoms with van der Waals surface area (Å²) < 4.78 is 5.71. The van der Waals surface area contributed by atoms with Crippen LogP contribution in [-0.2, 0) is 6.42 Å². The van der Waals surface area contributed by atoms with Crippen molar-refractivity contribution in [3.8, 4) is 5.75 Å². The van der Waals surface area contributed by atoms with Crippen LogP contribution in [0.2, 0.25) is 0 Å². The van der Waals surface area contributed by atoms with E-state index in [1.807, 2.05) is 25.2 Å². The van der Waals surface area contributed by atoms with Crippen molar-refractivity contribution in [2.45, 2.75) is 25.8 Å². The van der Waals surface area contributed by atoms with Gasteiger partial charge >= 0.3 is 0 Å². The van der Waals surface area contributed by atoms with Gasteiger partial charge in [0, 0.05) is 24.6 Å². The van der Waals surface area contributed by atoms with Crippen molar-refractivity contribution in [1.82, 2.24) is 9.97 Å². The highest BCUT2D eigenvalue weighted by atomic mass is 16.5. The zero-order valence-corrected chi connectivity index (χ0v) is 12.4. The molecule has 0 fully saturated rings. The number of hydrogen-bond acceptors (Lipinski definition) is 5.